The number of rotatable bonds is 2. The van der Waals surface area contributed by atoms with Gasteiger partial charge in [-0.05, 0) is 6.42 Å². The fourth-order valence-electron chi connectivity index (χ4n) is 0.523. The Labute approximate surface area is 83.6 Å². The zero-order valence-electron chi connectivity index (χ0n) is 8.55. The molecule has 0 saturated carbocycles. The second kappa shape index (κ2) is 5.85. The van der Waals surface area contributed by atoms with Gasteiger partial charge in [-0.3, -0.25) is 10.7 Å². The minimum absolute atomic E-state index is 0.216. The molecule has 4 nitrogen and oxygen atoms in total. The summed E-state index contributed by atoms with van der Waals surface area (Å²) >= 11 is 1.37. The van der Waals surface area contributed by atoms with Crippen LogP contribution in [0.3, 0.4) is 0 Å². The molecule has 0 spiro atoms. The van der Waals surface area contributed by atoms with E-state index in [9.17, 15) is 4.79 Å². The molecule has 0 aliphatic heterocycles. The Morgan fingerprint density at radius 2 is 2.15 bits per heavy atom. The summed E-state index contributed by atoms with van der Waals surface area (Å²) < 4.78 is 0. The van der Waals surface area contributed by atoms with Gasteiger partial charge in [-0.25, -0.2) is 4.79 Å². The highest BCUT2D eigenvalue weighted by molar-refractivity contribution is 8.14. The van der Waals surface area contributed by atoms with Crippen molar-refractivity contribution in [3.05, 3.63) is 0 Å². The Morgan fingerprint density at radius 3 is 2.54 bits per heavy atom. The molecule has 0 heterocycles. The molecule has 0 rings (SSSR count). The largest absolute Gasteiger partial charge is 0.331 e. The number of hydrogen-bond donors (Lipinski definition) is 2. The zero-order valence-corrected chi connectivity index (χ0v) is 9.36. The van der Waals surface area contributed by atoms with Crippen LogP contribution >= 0.6 is 11.8 Å². The third kappa shape index (κ3) is 5.52. The maximum atomic E-state index is 11.1. The van der Waals surface area contributed by atoms with E-state index in [1.165, 1.54) is 16.7 Å². The summed E-state index contributed by atoms with van der Waals surface area (Å²) in [5, 5.41) is 10.5. The van der Waals surface area contributed by atoms with E-state index >= 15 is 0 Å². The highest BCUT2D eigenvalue weighted by Crippen LogP contribution is 2.12. The molecule has 5 heteroatoms. The fourth-order valence-corrected chi connectivity index (χ4v) is 1.24. The standard InChI is InChI=1S/C8H17N3OS/c1-5-6(2)13-7(9)10-8(12)11(3)4/h6H,5H2,1-4H3,(H2,9,10,12). The smallest absolute Gasteiger partial charge is 0.322 e. The highest BCUT2D eigenvalue weighted by Gasteiger charge is 2.09. The summed E-state index contributed by atoms with van der Waals surface area (Å²) in [5.41, 5.74) is 0. The monoisotopic (exact) mass is 203 g/mol. The van der Waals surface area contributed by atoms with Crippen molar-refractivity contribution in [1.29, 1.82) is 5.41 Å². The Bertz CT molecular complexity index is 194. The van der Waals surface area contributed by atoms with Crippen LogP contribution in [0.5, 0.6) is 0 Å². The first-order valence-electron chi connectivity index (χ1n) is 4.20. The van der Waals surface area contributed by atoms with E-state index in [2.05, 4.69) is 12.2 Å². The minimum Gasteiger partial charge on any atom is -0.331 e. The quantitative estimate of drug-likeness (QED) is 0.530. The molecule has 0 aromatic heterocycles. The molecular weight excluding hydrogens is 186 g/mol. The first kappa shape index (κ1) is 12.3. The van der Waals surface area contributed by atoms with Crippen LogP contribution in [0.25, 0.3) is 0 Å². The van der Waals surface area contributed by atoms with E-state index in [0.717, 1.165) is 6.42 Å². The maximum Gasteiger partial charge on any atom is 0.322 e. The molecule has 1 atom stereocenters. The fraction of sp³-hybridized carbons (Fsp3) is 0.750. The number of amides is 2. The number of carbonyl (C=O) groups excluding carboxylic acids is 1. The van der Waals surface area contributed by atoms with E-state index in [0.29, 0.717) is 5.25 Å². The molecule has 2 N–H and O–H groups in total. The van der Waals surface area contributed by atoms with Crippen LogP contribution in [0, 0.1) is 5.41 Å². The average molecular weight is 203 g/mol. The summed E-state index contributed by atoms with van der Waals surface area (Å²) in [6.07, 6.45) is 0.991. The Morgan fingerprint density at radius 1 is 1.62 bits per heavy atom. The number of hydrogen-bond acceptors (Lipinski definition) is 3. The molecule has 0 aromatic carbocycles. The van der Waals surface area contributed by atoms with Crippen LogP contribution in [-0.4, -0.2) is 35.4 Å². The topological polar surface area (TPSA) is 56.2 Å². The van der Waals surface area contributed by atoms with Crippen molar-refractivity contribution < 1.29 is 4.79 Å². The van der Waals surface area contributed by atoms with E-state index in [4.69, 9.17) is 5.41 Å². The average Bonchev–Trinajstić information content (AvgIpc) is 2.03. The van der Waals surface area contributed by atoms with E-state index in [-0.39, 0.29) is 11.2 Å². The lowest BCUT2D eigenvalue weighted by atomic mass is 10.4. The Balaban J connectivity index is 3.81. The first-order chi connectivity index (χ1) is 5.97. The highest BCUT2D eigenvalue weighted by atomic mass is 32.2. The molecule has 0 bridgehead atoms. The molecule has 0 fully saturated rings. The molecule has 1 unspecified atom stereocenters. The summed E-state index contributed by atoms with van der Waals surface area (Å²) in [6, 6.07) is -0.249. The minimum atomic E-state index is -0.249. The lowest BCUT2D eigenvalue weighted by Gasteiger charge is -2.14. The third-order valence-electron chi connectivity index (χ3n) is 1.52. The summed E-state index contributed by atoms with van der Waals surface area (Å²) in [4.78, 5) is 12.5. The van der Waals surface area contributed by atoms with E-state index in [1.54, 1.807) is 14.1 Å². The van der Waals surface area contributed by atoms with Crippen LogP contribution in [0.15, 0.2) is 0 Å². The molecule has 0 radical (unpaired) electrons. The van der Waals surface area contributed by atoms with Crippen molar-refractivity contribution in [3.63, 3.8) is 0 Å². The van der Waals surface area contributed by atoms with Gasteiger partial charge in [0, 0.05) is 19.3 Å². The molecular formula is C8H17N3OS. The van der Waals surface area contributed by atoms with Crippen molar-refractivity contribution in [2.75, 3.05) is 14.1 Å². The molecule has 2 amide bonds. The van der Waals surface area contributed by atoms with Gasteiger partial charge in [0.15, 0.2) is 5.17 Å². The Kier molecular flexibility index (Phi) is 5.53. The van der Waals surface area contributed by atoms with Crippen LogP contribution in [0.2, 0.25) is 0 Å². The molecule has 0 aliphatic carbocycles. The SMILES string of the molecule is CCC(C)SC(=N)NC(=O)N(C)C. The predicted molar refractivity (Wildman–Crippen MR) is 57.3 cm³/mol. The molecule has 76 valence electrons. The third-order valence-corrected chi connectivity index (χ3v) is 2.59. The molecule has 13 heavy (non-hydrogen) atoms. The van der Waals surface area contributed by atoms with Crippen LogP contribution in [0.1, 0.15) is 20.3 Å². The molecule has 0 aromatic rings. The number of thioether (sulfide) groups is 1. The van der Waals surface area contributed by atoms with Gasteiger partial charge < -0.3 is 4.90 Å². The van der Waals surface area contributed by atoms with Gasteiger partial charge in [0.2, 0.25) is 0 Å². The molecule has 0 saturated heterocycles. The number of carbonyl (C=O) groups is 1. The normalized spacial score (nSPS) is 12.0. The van der Waals surface area contributed by atoms with E-state index in [1.807, 2.05) is 6.92 Å². The predicted octanol–water partition coefficient (Wildman–Crippen LogP) is 1.72. The van der Waals surface area contributed by atoms with Crippen LogP contribution < -0.4 is 5.32 Å². The lowest BCUT2D eigenvalue weighted by Crippen LogP contribution is -2.37. The summed E-state index contributed by atoms with van der Waals surface area (Å²) in [6.45, 7) is 4.08. The Hall–Kier alpha value is -0.710. The van der Waals surface area contributed by atoms with E-state index < -0.39 is 0 Å². The first-order valence-corrected chi connectivity index (χ1v) is 5.08. The van der Waals surface area contributed by atoms with Gasteiger partial charge in [0.25, 0.3) is 0 Å². The summed E-state index contributed by atoms with van der Waals surface area (Å²) in [5.74, 6) is 0. The number of nitrogens with one attached hydrogen (secondary N) is 2. The second-order valence-corrected chi connectivity index (χ2v) is 4.44. The second-order valence-electron chi connectivity index (χ2n) is 2.99. The van der Waals surface area contributed by atoms with Gasteiger partial charge in [-0.15, -0.1) is 0 Å². The van der Waals surface area contributed by atoms with Gasteiger partial charge in [0.1, 0.15) is 0 Å². The van der Waals surface area contributed by atoms with Gasteiger partial charge in [-0.1, -0.05) is 25.6 Å². The van der Waals surface area contributed by atoms with Gasteiger partial charge >= 0.3 is 6.03 Å². The van der Waals surface area contributed by atoms with Crippen molar-refractivity contribution in [2.24, 2.45) is 0 Å². The van der Waals surface area contributed by atoms with Crippen molar-refractivity contribution >= 4 is 23.0 Å². The zero-order chi connectivity index (χ0) is 10.4. The van der Waals surface area contributed by atoms with Crippen molar-refractivity contribution in [1.82, 2.24) is 10.2 Å². The van der Waals surface area contributed by atoms with Gasteiger partial charge in [0.05, 0.1) is 0 Å². The van der Waals surface area contributed by atoms with Crippen LogP contribution in [-0.2, 0) is 0 Å². The van der Waals surface area contributed by atoms with Gasteiger partial charge in [-0.2, -0.15) is 0 Å². The lowest BCUT2D eigenvalue weighted by molar-refractivity contribution is 0.222. The maximum absolute atomic E-state index is 11.1. The van der Waals surface area contributed by atoms with Crippen LogP contribution in [0.4, 0.5) is 4.79 Å². The summed E-state index contributed by atoms with van der Waals surface area (Å²) in [7, 11) is 3.30. The van der Waals surface area contributed by atoms with Crippen molar-refractivity contribution in [2.45, 2.75) is 25.5 Å². The number of nitrogens with zero attached hydrogens (tertiary/aromatic N) is 1. The number of urea groups is 1. The van der Waals surface area contributed by atoms with Crippen molar-refractivity contribution in [3.8, 4) is 0 Å². The molecule has 0 aliphatic rings. The number of amidine groups is 1.